The third-order valence-electron chi connectivity index (χ3n) is 4.88. The summed E-state index contributed by atoms with van der Waals surface area (Å²) >= 11 is 0. The first kappa shape index (κ1) is 22.6. The summed E-state index contributed by atoms with van der Waals surface area (Å²) in [4.78, 5) is 9.57. The molecule has 0 saturated carbocycles. The first-order chi connectivity index (χ1) is 14.1. The highest BCUT2D eigenvalue weighted by atomic mass is 14.8. The van der Waals surface area contributed by atoms with Gasteiger partial charge < -0.3 is 0 Å². The minimum Gasteiger partial charge on any atom is -0.254 e. The Labute approximate surface area is 177 Å². The molecule has 2 aromatic rings. The Balaban J connectivity index is 2.42. The Morgan fingerprint density at radius 1 is 0.724 bits per heavy atom. The van der Waals surface area contributed by atoms with Crippen LogP contribution in [0, 0.1) is 11.8 Å². The van der Waals surface area contributed by atoms with Crippen LogP contribution in [0.25, 0.3) is 0 Å². The van der Waals surface area contributed by atoms with Crippen LogP contribution in [0.3, 0.4) is 0 Å². The van der Waals surface area contributed by atoms with Crippen LogP contribution in [0.4, 0.5) is 11.4 Å². The van der Waals surface area contributed by atoms with Crippen molar-refractivity contribution in [1.29, 1.82) is 0 Å². The van der Waals surface area contributed by atoms with Gasteiger partial charge in [-0.3, -0.25) is 4.99 Å². The molecule has 29 heavy (non-hydrogen) atoms. The van der Waals surface area contributed by atoms with Crippen LogP contribution in [0.1, 0.15) is 69.7 Å². The zero-order chi connectivity index (χ0) is 21.1. The summed E-state index contributed by atoms with van der Waals surface area (Å²) in [5, 5.41) is 0. The first-order valence-corrected chi connectivity index (χ1v) is 11.0. The van der Waals surface area contributed by atoms with Gasteiger partial charge in [0.05, 0.1) is 17.6 Å². The molecule has 0 amide bonds. The molecule has 0 bridgehead atoms. The van der Waals surface area contributed by atoms with Crippen molar-refractivity contribution in [2.75, 3.05) is 0 Å². The van der Waals surface area contributed by atoms with Crippen molar-refractivity contribution in [2.24, 2.45) is 9.98 Å². The van der Waals surface area contributed by atoms with Gasteiger partial charge in [0.15, 0.2) is 0 Å². The third kappa shape index (κ3) is 7.35. The maximum atomic E-state index is 4.84. The lowest BCUT2D eigenvalue weighted by Gasteiger charge is -2.05. The predicted molar refractivity (Wildman–Crippen MR) is 128 cm³/mol. The number of aryl methyl sites for hydroxylation is 4. The van der Waals surface area contributed by atoms with Crippen molar-refractivity contribution >= 4 is 23.3 Å². The van der Waals surface area contributed by atoms with Crippen molar-refractivity contribution in [3.63, 3.8) is 0 Å². The van der Waals surface area contributed by atoms with Crippen LogP contribution < -0.4 is 0 Å². The summed E-state index contributed by atoms with van der Waals surface area (Å²) < 4.78 is 0. The van der Waals surface area contributed by atoms with E-state index in [1.807, 2.05) is 6.21 Å². The van der Waals surface area contributed by atoms with Crippen LogP contribution in [0.15, 0.2) is 46.4 Å². The van der Waals surface area contributed by atoms with Gasteiger partial charge in [-0.05, 0) is 84.5 Å². The second kappa shape index (κ2) is 12.0. The zero-order valence-corrected chi connectivity index (χ0v) is 18.7. The monoisotopic (exact) mass is 386 g/mol. The Hall–Kier alpha value is -2.66. The van der Waals surface area contributed by atoms with Gasteiger partial charge in [-0.1, -0.05) is 52.7 Å². The Kier molecular flexibility index (Phi) is 9.38. The van der Waals surface area contributed by atoms with Crippen molar-refractivity contribution in [3.05, 3.63) is 58.7 Å². The number of benzene rings is 2. The number of unbranched alkanes of at least 4 members (excludes halogenated alkanes) is 1. The molecule has 0 heterocycles. The minimum atomic E-state index is 0.716. The largest absolute Gasteiger partial charge is 0.254 e. The normalized spacial score (nSPS) is 11.6. The molecule has 0 aliphatic heterocycles. The van der Waals surface area contributed by atoms with E-state index in [1.54, 1.807) is 0 Å². The lowest BCUT2D eigenvalue weighted by molar-refractivity contribution is 0.984. The fraction of sp³-hybridized carbons (Fsp3) is 0.407. The molecule has 0 saturated heterocycles. The molecule has 2 heteroatoms. The average Bonchev–Trinajstić information content (AvgIpc) is 2.76. The third-order valence-corrected chi connectivity index (χ3v) is 4.88. The standard InChI is InChI=1S/C27H34N2/c1-6-11-12-13-25(29-27-18-23(9-4)15-24(10-5)19-27)20-28-26-16-21(7-2)14-22(8-3)17-26/h14-20H,6-11H2,1-5H3. The molecule has 2 rings (SSSR count). The molecule has 0 aromatic heterocycles. The van der Waals surface area contributed by atoms with Crippen molar-refractivity contribution in [2.45, 2.75) is 73.1 Å². The van der Waals surface area contributed by atoms with E-state index in [0.717, 1.165) is 49.9 Å². The average molecular weight is 387 g/mol. The summed E-state index contributed by atoms with van der Waals surface area (Å²) in [6.45, 7) is 10.9. The molecule has 0 spiro atoms. The van der Waals surface area contributed by atoms with Crippen LogP contribution >= 0.6 is 0 Å². The maximum absolute atomic E-state index is 4.84. The Morgan fingerprint density at radius 3 is 1.66 bits per heavy atom. The summed E-state index contributed by atoms with van der Waals surface area (Å²) in [5.74, 6) is 6.44. The molecule has 0 unspecified atom stereocenters. The minimum absolute atomic E-state index is 0.716. The highest BCUT2D eigenvalue weighted by Gasteiger charge is 2.01. The number of hydrogen-bond acceptors (Lipinski definition) is 2. The van der Waals surface area contributed by atoms with Crippen LogP contribution in [0.2, 0.25) is 0 Å². The van der Waals surface area contributed by atoms with E-state index in [9.17, 15) is 0 Å². The van der Waals surface area contributed by atoms with Gasteiger partial charge in [0.1, 0.15) is 5.71 Å². The number of rotatable bonds is 8. The van der Waals surface area contributed by atoms with Gasteiger partial charge in [-0.25, -0.2) is 4.99 Å². The molecule has 2 aromatic carbocycles. The van der Waals surface area contributed by atoms with E-state index >= 15 is 0 Å². The van der Waals surface area contributed by atoms with Gasteiger partial charge in [-0.15, -0.1) is 0 Å². The van der Waals surface area contributed by atoms with E-state index in [4.69, 9.17) is 9.98 Å². The fourth-order valence-corrected chi connectivity index (χ4v) is 3.08. The molecule has 0 N–H and O–H groups in total. The fourth-order valence-electron chi connectivity index (χ4n) is 3.08. The van der Waals surface area contributed by atoms with Crippen LogP contribution in [-0.2, 0) is 25.7 Å². The predicted octanol–water partition coefficient (Wildman–Crippen LogP) is 7.21. The second-order valence-corrected chi connectivity index (χ2v) is 7.24. The van der Waals surface area contributed by atoms with E-state index in [0.29, 0.717) is 5.71 Å². The van der Waals surface area contributed by atoms with Crippen molar-refractivity contribution < 1.29 is 0 Å². The Bertz CT molecular complexity index is 879. The molecular weight excluding hydrogens is 352 g/mol. The van der Waals surface area contributed by atoms with E-state index in [1.165, 1.54) is 22.3 Å². The lowest BCUT2D eigenvalue weighted by atomic mass is 10.1. The number of aliphatic imine (C=N–C) groups is 2. The lowest BCUT2D eigenvalue weighted by Crippen LogP contribution is -1.96. The molecule has 0 aliphatic carbocycles. The number of hydrogen-bond donors (Lipinski definition) is 0. The first-order valence-electron chi connectivity index (χ1n) is 11.0. The van der Waals surface area contributed by atoms with Crippen molar-refractivity contribution in [1.82, 2.24) is 0 Å². The molecule has 0 radical (unpaired) electrons. The van der Waals surface area contributed by atoms with E-state index in [2.05, 4.69) is 82.9 Å². The quantitative estimate of drug-likeness (QED) is 0.338. The smallest absolute Gasteiger partial charge is 0.132 e. The van der Waals surface area contributed by atoms with Crippen molar-refractivity contribution in [3.8, 4) is 11.8 Å². The van der Waals surface area contributed by atoms with Gasteiger partial charge in [0, 0.05) is 6.42 Å². The van der Waals surface area contributed by atoms with Gasteiger partial charge in [0.2, 0.25) is 0 Å². The molecule has 152 valence electrons. The van der Waals surface area contributed by atoms with E-state index < -0.39 is 0 Å². The molecule has 2 nitrogen and oxygen atoms in total. The summed E-state index contributed by atoms with van der Waals surface area (Å²) in [5.41, 5.74) is 7.90. The number of nitrogens with zero attached hydrogens (tertiary/aromatic N) is 2. The zero-order valence-electron chi connectivity index (χ0n) is 18.7. The van der Waals surface area contributed by atoms with Crippen LogP contribution in [0.5, 0.6) is 0 Å². The van der Waals surface area contributed by atoms with Gasteiger partial charge >= 0.3 is 0 Å². The highest BCUT2D eigenvalue weighted by Crippen LogP contribution is 2.21. The van der Waals surface area contributed by atoms with Gasteiger partial charge in [-0.2, -0.15) is 0 Å². The summed E-state index contributed by atoms with van der Waals surface area (Å²) in [7, 11) is 0. The topological polar surface area (TPSA) is 24.7 Å². The Morgan fingerprint density at radius 2 is 1.21 bits per heavy atom. The highest BCUT2D eigenvalue weighted by molar-refractivity contribution is 6.39. The molecule has 0 atom stereocenters. The van der Waals surface area contributed by atoms with E-state index in [-0.39, 0.29) is 0 Å². The molecular formula is C27H34N2. The summed E-state index contributed by atoms with van der Waals surface area (Å²) in [6.07, 6.45) is 7.76. The summed E-state index contributed by atoms with van der Waals surface area (Å²) in [6, 6.07) is 13.1. The van der Waals surface area contributed by atoms with Crippen LogP contribution in [-0.4, -0.2) is 11.9 Å². The van der Waals surface area contributed by atoms with Gasteiger partial charge in [0.25, 0.3) is 0 Å². The second-order valence-electron chi connectivity index (χ2n) is 7.24. The SMILES string of the molecule is CCCC#CC(C=Nc1cc(CC)cc(CC)c1)=Nc1cc(CC)cc(CC)c1. The molecule has 0 aliphatic rings. The maximum Gasteiger partial charge on any atom is 0.132 e. The molecule has 0 fully saturated rings.